The second kappa shape index (κ2) is 4.82. The summed E-state index contributed by atoms with van der Waals surface area (Å²) in [7, 11) is 0. The van der Waals surface area contributed by atoms with E-state index in [0.717, 1.165) is 10.8 Å². The van der Waals surface area contributed by atoms with Gasteiger partial charge in [0.15, 0.2) is 6.23 Å². The van der Waals surface area contributed by atoms with Crippen molar-refractivity contribution in [3.63, 3.8) is 0 Å². The van der Waals surface area contributed by atoms with Gasteiger partial charge in [-0.1, -0.05) is 11.6 Å². The van der Waals surface area contributed by atoms with Crippen molar-refractivity contribution in [1.29, 1.82) is 0 Å². The second-order valence-electron chi connectivity index (χ2n) is 3.89. The highest BCUT2D eigenvalue weighted by Crippen LogP contribution is 2.29. The minimum absolute atomic E-state index is 0.0207. The summed E-state index contributed by atoms with van der Waals surface area (Å²) in [5.41, 5.74) is 4.58. The highest BCUT2D eigenvalue weighted by Gasteiger charge is 2.43. The Balaban J connectivity index is 2.39. The van der Waals surface area contributed by atoms with Crippen LogP contribution in [0.4, 0.5) is 5.82 Å². The monoisotopic (exact) mass is 277 g/mol. The van der Waals surface area contributed by atoms with E-state index in [0.29, 0.717) is 0 Å². The molecule has 1 saturated heterocycles. The molecule has 2 heterocycles. The first kappa shape index (κ1) is 13.2. The summed E-state index contributed by atoms with van der Waals surface area (Å²) < 4.78 is 6.09. The Hall–Kier alpha value is -1.19. The van der Waals surface area contributed by atoms with Gasteiger partial charge >= 0.3 is 5.69 Å². The highest BCUT2D eigenvalue weighted by atomic mass is 35.5. The Bertz CT molecular complexity index is 507. The molecular formula is C9H12ClN3O5. The first-order valence-corrected chi connectivity index (χ1v) is 5.50. The first-order valence-electron chi connectivity index (χ1n) is 5.12. The molecule has 1 aliphatic heterocycles. The lowest BCUT2D eigenvalue weighted by atomic mass is 10.1. The lowest BCUT2D eigenvalue weighted by molar-refractivity contribution is -0.0549. The highest BCUT2D eigenvalue weighted by molar-refractivity contribution is 6.32. The number of ether oxygens (including phenoxy) is 1. The van der Waals surface area contributed by atoms with Gasteiger partial charge in [-0.05, 0) is 0 Å². The van der Waals surface area contributed by atoms with Crippen LogP contribution in [0.5, 0.6) is 0 Å². The normalized spacial score (nSPS) is 31.8. The lowest BCUT2D eigenvalue weighted by Crippen LogP contribution is -2.36. The van der Waals surface area contributed by atoms with E-state index in [9.17, 15) is 15.0 Å². The molecule has 4 atom stereocenters. The van der Waals surface area contributed by atoms with Gasteiger partial charge in [0.05, 0.1) is 11.6 Å². The Morgan fingerprint density at radius 3 is 2.72 bits per heavy atom. The lowest BCUT2D eigenvalue weighted by Gasteiger charge is -2.17. The summed E-state index contributed by atoms with van der Waals surface area (Å²) in [5, 5.41) is 28.3. The number of aromatic nitrogens is 2. The van der Waals surface area contributed by atoms with Crippen molar-refractivity contribution >= 4 is 17.4 Å². The van der Waals surface area contributed by atoms with E-state index in [1.807, 2.05) is 0 Å². The number of hydrogen-bond acceptors (Lipinski definition) is 7. The van der Waals surface area contributed by atoms with Gasteiger partial charge in [-0.3, -0.25) is 4.57 Å². The molecular weight excluding hydrogens is 266 g/mol. The number of aliphatic hydroxyl groups is 3. The van der Waals surface area contributed by atoms with Crippen molar-refractivity contribution in [3.8, 4) is 0 Å². The summed E-state index contributed by atoms with van der Waals surface area (Å²) in [4.78, 5) is 15.1. The summed E-state index contributed by atoms with van der Waals surface area (Å²) in [6, 6.07) is 0. The van der Waals surface area contributed by atoms with Crippen LogP contribution >= 0.6 is 11.6 Å². The summed E-state index contributed by atoms with van der Waals surface area (Å²) >= 11 is 5.72. The Morgan fingerprint density at radius 2 is 2.17 bits per heavy atom. The van der Waals surface area contributed by atoms with Crippen LogP contribution in [0.1, 0.15) is 6.23 Å². The predicted octanol–water partition coefficient (Wildman–Crippen LogP) is -1.91. The summed E-state index contributed by atoms with van der Waals surface area (Å²) in [6.07, 6.45) is -3.67. The molecule has 0 unspecified atom stereocenters. The smallest absolute Gasteiger partial charge is 0.351 e. The molecule has 0 amide bonds. The average Bonchev–Trinajstić information content (AvgIpc) is 2.61. The van der Waals surface area contributed by atoms with E-state index < -0.39 is 36.8 Å². The van der Waals surface area contributed by atoms with Gasteiger partial charge in [-0.25, -0.2) is 4.79 Å². The zero-order valence-corrected chi connectivity index (χ0v) is 9.86. The van der Waals surface area contributed by atoms with Crippen LogP contribution in [0.25, 0.3) is 0 Å². The van der Waals surface area contributed by atoms with Gasteiger partial charge in [0.25, 0.3) is 0 Å². The fourth-order valence-corrected chi connectivity index (χ4v) is 1.90. The zero-order chi connectivity index (χ0) is 13.4. The molecule has 1 fully saturated rings. The molecule has 0 bridgehead atoms. The number of nitrogen functional groups attached to an aromatic ring is 1. The third-order valence-corrected chi connectivity index (χ3v) is 3.02. The Kier molecular flexibility index (Phi) is 3.55. The van der Waals surface area contributed by atoms with E-state index >= 15 is 0 Å². The minimum Gasteiger partial charge on any atom is -0.394 e. The summed E-state index contributed by atoms with van der Waals surface area (Å²) in [6.45, 7) is -0.486. The van der Waals surface area contributed by atoms with Crippen molar-refractivity contribution in [2.75, 3.05) is 12.3 Å². The molecule has 1 aromatic heterocycles. The molecule has 9 heteroatoms. The standard InChI is InChI=1S/C9H12ClN3O5/c10-3-1-13(9(17)12-7(3)11)8-6(16)5(15)4(2-14)18-8/h1,4-6,8,14-16H,2H2,(H2,11,12,17)/t4-,5+,6+,8-/m0/s1. The maximum absolute atomic E-state index is 11.6. The van der Waals surface area contributed by atoms with Gasteiger partial charge < -0.3 is 25.8 Å². The van der Waals surface area contributed by atoms with E-state index in [4.69, 9.17) is 27.2 Å². The van der Waals surface area contributed by atoms with Gasteiger partial charge in [0.1, 0.15) is 24.1 Å². The van der Waals surface area contributed by atoms with Gasteiger partial charge in [-0.15, -0.1) is 0 Å². The molecule has 2 rings (SSSR count). The first-order chi connectivity index (χ1) is 8.45. The zero-order valence-electron chi connectivity index (χ0n) is 9.10. The number of nitrogens with two attached hydrogens (primary N) is 1. The molecule has 100 valence electrons. The van der Waals surface area contributed by atoms with Gasteiger partial charge in [-0.2, -0.15) is 4.98 Å². The molecule has 18 heavy (non-hydrogen) atoms. The van der Waals surface area contributed by atoms with E-state index in [2.05, 4.69) is 4.98 Å². The largest absolute Gasteiger partial charge is 0.394 e. The quantitative estimate of drug-likeness (QED) is 0.496. The van der Waals surface area contributed by atoms with E-state index in [1.54, 1.807) is 0 Å². The predicted molar refractivity (Wildman–Crippen MR) is 60.9 cm³/mol. The topological polar surface area (TPSA) is 131 Å². The summed E-state index contributed by atoms with van der Waals surface area (Å²) in [5.74, 6) is -0.135. The number of hydrogen-bond donors (Lipinski definition) is 4. The van der Waals surface area contributed by atoms with Crippen LogP contribution in [0.15, 0.2) is 11.0 Å². The molecule has 0 spiro atoms. The Morgan fingerprint density at radius 1 is 1.50 bits per heavy atom. The van der Waals surface area contributed by atoms with Gasteiger partial charge in [0.2, 0.25) is 0 Å². The number of anilines is 1. The Labute approximate surface area is 106 Å². The fraction of sp³-hybridized carbons (Fsp3) is 0.556. The van der Waals surface area contributed by atoms with Crippen LogP contribution in [0, 0.1) is 0 Å². The molecule has 8 nitrogen and oxygen atoms in total. The average molecular weight is 278 g/mol. The maximum atomic E-state index is 11.6. The molecule has 1 aliphatic rings. The third kappa shape index (κ3) is 2.08. The number of rotatable bonds is 2. The van der Waals surface area contributed by atoms with Gasteiger partial charge in [0, 0.05) is 6.20 Å². The number of aliphatic hydroxyl groups excluding tert-OH is 3. The number of halogens is 1. The SMILES string of the molecule is Nc1nc(=O)n([C@H]2O[C@@H](CO)[C@@H](O)[C@H]2O)cc1Cl. The van der Waals surface area contributed by atoms with Crippen LogP contribution in [0.2, 0.25) is 5.02 Å². The minimum atomic E-state index is -1.37. The van der Waals surface area contributed by atoms with Crippen molar-refractivity contribution in [3.05, 3.63) is 21.7 Å². The van der Waals surface area contributed by atoms with Crippen LogP contribution < -0.4 is 11.4 Å². The molecule has 0 radical (unpaired) electrons. The molecule has 0 aromatic carbocycles. The van der Waals surface area contributed by atoms with Crippen LogP contribution in [-0.4, -0.2) is 49.8 Å². The molecule has 1 aromatic rings. The molecule has 0 saturated carbocycles. The molecule has 5 N–H and O–H groups in total. The van der Waals surface area contributed by atoms with Crippen molar-refractivity contribution in [2.45, 2.75) is 24.5 Å². The molecule has 0 aliphatic carbocycles. The fourth-order valence-electron chi connectivity index (χ4n) is 1.75. The van der Waals surface area contributed by atoms with Crippen molar-refractivity contribution in [1.82, 2.24) is 9.55 Å². The number of nitrogens with zero attached hydrogens (tertiary/aromatic N) is 2. The third-order valence-electron chi connectivity index (χ3n) is 2.73. The van der Waals surface area contributed by atoms with E-state index in [1.165, 1.54) is 0 Å². The maximum Gasteiger partial charge on any atom is 0.351 e. The second-order valence-corrected chi connectivity index (χ2v) is 4.30. The van der Waals surface area contributed by atoms with Crippen molar-refractivity contribution in [2.24, 2.45) is 0 Å². The van der Waals surface area contributed by atoms with Crippen LogP contribution in [0.3, 0.4) is 0 Å². The van der Waals surface area contributed by atoms with E-state index in [-0.39, 0.29) is 10.8 Å². The van der Waals surface area contributed by atoms with Crippen molar-refractivity contribution < 1.29 is 20.1 Å². The van der Waals surface area contributed by atoms with Crippen LogP contribution in [-0.2, 0) is 4.74 Å².